The van der Waals surface area contributed by atoms with Gasteiger partial charge >= 0.3 is 12.0 Å². The molecular formula is C14H23N3O4. The fraction of sp³-hybridized carbons (Fsp3) is 0.786. The van der Waals surface area contributed by atoms with Crippen molar-refractivity contribution >= 4 is 17.9 Å². The molecule has 2 fully saturated rings. The molecule has 0 radical (unpaired) electrons. The lowest BCUT2D eigenvalue weighted by Gasteiger charge is -2.40. The molecule has 0 aliphatic heterocycles. The molecule has 7 nitrogen and oxygen atoms in total. The monoisotopic (exact) mass is 297 g/mol. The molecule has 2 rings (SSSR count). The van der Waals surface area contributed by atoms with E-state index >= 15 is 0 Å². The Labute approximate surface area is 123 Å². The van der Waals surface area contributed by atoms with Crippen molar-refractivity contribution in [1.29, 1.82) is 0 Å². The molecule has 0 aromatic heterocycles. The summed E-state index contributed by atoms with van der Waals surface area (Å²) in [5.41, 5.74) is -0.274. The molecule has 118 valence electrons. The molecule has 0 heterocycles. The number of aliphatic carboxylic acids is 1. The Morgan fingerprint density at radius 3 is 2.24 bits per heavy atom. The van der Waals surface area contributed by atoms with E-state index in [2.05, 4.69) is 16.0 Å². The lowest BCUT2D eigenvalue weighted by atomic mass is 9.66. The maximum Gasteiger partial charge on any atom is 0.314 e. The van der Waals surface area contributed by atoms with Crippen LogP contribution < -0.4 is 16.0 Å². The topological polar surface area (TPSA) is 108 Å². The molecule has 0 spiro atoms. The van der Waals surface area contributed by atoms with Crippen molar-refractivity contribution in [3.05, 3.63) is 0 Å². The highest BCUT2D eigenvalue weighted by Crippen LogP contribution is 2.43. The second-order valence-corrected chi connectivity index (χ2v) is 6.10. The summed E-state index contributed by atoms with van der Waals surface area (Å²) in [6.07, 6.45) is 4.74. The van der Waals surface area contributed by atoms with Gasteiger partial charge < -0.3 is 21.1 Å². The van der Waals surface area contributed by atoms with Gasteiger partial charge in [-0.05, 0) is 31.1 Å². The smallest absolute Gasteiger partial charge is 0.314 e. The summed E-state index contributed by atoms with van der Waals surface area (Å²) in [5, 5.41) is 17.0. The van der Waals surface area contributed by atoms with Crippen LogP contribution in [0.4, 0.5) is 4.79 Å². The van der Waals surface area contributed by atoms with Crippen LogP contribution >= 0.6 is 0 Å². The molecule has 0 aromatic rings. The SMILES string of the molecule is O=C(O)CC1(CNC(=O)NCCNC(=O)C2CC2)CCC1. The number of amides is 3. The minimum Gasteiger partial charge on any atom is -0.481 e. The molecule has 0 atom stereocenters. The molecule has 3 amide bonds. The number of hydrogen-bond acceptors (Lipinski definition) is 3. The maximum absolute atomic E-state index is 11.6. The highest BCUT2D eigenvalue weighted by atomic mass is 16.4. The van der Waals surface area contributed by atoms with Crippen LogP contribution in [-0.4, -0.2) is 42.6 Å². The summed E-state index contributed by atoms with van der Waals surface area (Å²) in [7, 11) is 0. The third-order valence-corrected chi connectivity index (χ3v) is 4.22. The number of carboxylic acid groups (broad SMARTS) is 1. The molecule has 21 heavy (non-hydrogen) atoms. The van der Waals surface area contributed by atoms with E-state index in [0.717, 1.165) is 32.1 Å². The molecule has 7 heteroatoms. The van der Waals surface area contributed by atoms with Gasteiger partial charge in [0.05, 0.1) is 6.42 Å². The van der Waals surface area contributed by atoms with Crippen molar-refractivity contribution in [1.82, 2.24) is 16.0 Å². The van der Waals surface area contributed by atoms with Gasteiger partial charge in [-0.2, -0.15) is 0 Å². The average molecular weight is 297 g/mol. The first-order valence-corrected chi connectivity index (χ1v) is 7.52. The predicted octanol–water partition coefficient (Wildman–Crippen LogP) is 0.457. The van der Waals surface area contributed by atoms with Gasteiger partial charge in [-0.15, -0.1) is 0 Å². The molecule has 2 aliphatic rings. The van der Waals surface area contributed by atoms with Gasteiger partial charge in [-0.3, -0.25) is 9.59 Å². The summed E-state index contributed by atoms with van der Waals surface area (Å²) in [6.45, 7) is 1.18. The van der Waals surface area contributed by atoms with Gasteiger partial charge in [0.15, 0.2) is 0 Å². The number of rotatable bonds is 8. The summed E-state index contributed by atoms with van der Waals surface area (Å²) in [4.78, 5) is 33.8. The normalized spacial score (nSPS) is 19.2. The minimum absolute atomic E-state index is 0.0621. The van der Waals surface area contributed by atoms with Crippen molar-refractivity contribution in [3.63, 3.8) is 0 Å². The Hall–Kier alpha value is -1.79. The van der Waals surface area contributed by atoms with E-state index in [1.807, 2.05) is 0 Å². The van der Waals surface area contributed by atoms with Crippen LogP contribution in [0.15, 0.2) is 0 Å². The summed E-state index contributed by atoms with van der Waals surface area (Å²) < 4.78 is 0. The van der Waals surface area contributed by atoms with Gasteiger partial charge in [0.1, 0.15) is 0 Å². The van der Waals surface area contributed by atoms with E-state index in [4.69, 9.17) is 5.11 Å². The zero-order chi connectivity index (χ0) is 15.3. The van der Waals surface area contributed by atoms with Crippen LogP contribution in [0.3, 0.4) is 0 Å². The first-order chi connectivity index (χ1) is 10.0. The number of carbonyl (C=O) groups excluding carboxylic acids is 2. The van der Waals surface area contributed by atoms with Gasteiger partial charge in [0.25, 0.3) is 0 Å². The molecule has 4 N–H and O–H groups in total. The van der Waals surface area contributed by atoms with Gasteiger partial charge in [0, 0.05) is 25.6 Å². The van der Waals surface area contributed by atoms with E-state index < -0.39 is 5.97 Å². The van der Waals surface area contributed by atoms with Crippen molar-refractivity contribution in [2.45, 2.75) is 38.5 Å². The van der Waals surface area contributed by atoms with Gasteiger partial charge in [-0.1, -0.05) is 6.42 Å². The zero-order valence-corrected chi connectivity index (χ0v) is 12.1. The first-order valence-electron chi connectivity index (χ1n) is 7.52. The Bertz CT molecular complexity index is 416. The molecule has 2 aliphatic carbocycles. The fourth-order valence-corrected chi connectivity index (χ4v) is 2.60. The average Bonchev–Trinajstić information content (AvgIpc) is 3.21. The number of carbonyl (C=O) groups is 3. The number of nitrogens with one attached hydrogen (secondary N) is 3. The second kappa shape index (κ2) is 6.78. The summed E-state index contributed by atoms with van der Waals surface area (Å²) in [5.74, 6) is -0.583. The number of urea groups is 1. The van der Waals surface area contributed by atoms with Crippen LogP contribution in [0.1, 0.15) is 38.5 Å². The predicted molar refractivity (Wildman–Crippen MR) is 75.7 cm³/mol. The molecule has 0 unspecified atom stereocenters. The van der Waals surface area contributed by atoms with Gasteiger partial charge in [0.2, 0.25) is 5.91 Å². The van der Waals surface area contributed by atoms with Crippen LogP contribution in [0.5, 0.6) is 0 Å². The lowest BCUT2D eigenvalue weighted by molar-refractivity contribution is -0.141. The van der Waals surface area contributed by atoms with Crippen molar-refractivity contribution < 1.29 is 19.5 Å². The molecular weight excluding hydrogens is 274 g/mol. The maximum atomic E-state index is 11.6. The molecule has 2 saturated carbocycles. The Kier molecular flexibility index (Phi) is 5.03. The van der Waals surface area contributed by atoms with Crippen LogP contribution in [0, 0.1) is 11.3 Å². The summed E-state index contributed by atoms with van der Waals surface area (Å²) in [6, 6.07) is -0.313. The molecule has 0 bridgehead atoms. The summed E-state index contributed by atoms with van der Waals surface area (Å²) >= 11 is 0. The fourth-order valence-electron chi connectivity index (χ4n) is 2.60. The number of hydrogen-bond donors (Lipinski definition) is 4. The highest BCUT2D eigenvalue weighted by molar-refractivity contribution is 5.80. The van der Waals surface area contributed by atoms with Crippen LogP contribution in [0.25, 0.3) is 0 Å². The van der Waals surface area contributed by atoms with E-state index in [9.17, 15) is 14.4 Å². The second-order valence-electron chi connectivity index (χ2n) is 6.10. The molecule has 0 aromatic carbocycles. The van der Waals surface area contributed by atoms with E-state index in [-0.39, 0.29) is 29.7 Å². The van der Waals surface area contributed by atoms with Crippen LogP contribution in [-0.2, 0) is 9.59 Å². The van der Waals surface area contributed by atoms with Crippen molar-refractivity contribution in [3.8, 4) is 0 Å². The van der Waals surface area contributed by atoms with Crippen molar-refractivity contribution in [2.75, 3.05) is 19.6 Å². The third kappa shape index (κ3) is 4.91. The third-order valence-electron chi connectivity index (χ3n) is 4.22. The van der Waals surface area contributed by atoms with E-state index in [1.165, 1.54) is 0 Å². The standard InChI is InChI=1S/C14H23N3O4/c18-11(19)8-14(4-1-5-14)9-17-13(21)16-7-6-15-12(20)10-2-3-10/h10H,1-9H2,(H,15,20)(H,18,19)(H2,16,17,21). The highest BCUT2D eigenvalue weighted by Gasteiger charge is 2.39. The van der Waals surface area contributed by atoms with E-state index in [0.29, 0.717) is 19.6 Å². The van der Waals surface area contributed by atoms with Crippen molar-refractivity contribution in [2.24, 2.45) is 11.3 Å². The molecule has 0 saturated heterocycles. The van der Waals surface area contributed by atoms with Crippen LogP contribution in [0.2, 0.25) is 0 Å². The minimum atomic E-state index is -0.820. The number of carboxylic acids is 1. The zero-order valence-electron chi connectivity index (χ0n) is 12.1. The Morgan fingerprint density at radius 2 is 1.71 bits per heavy atom. The largest absolute Gasteiger partial charge is 0.481 e. The van der Waals surface area contributed by atoms with Gasteiger partial charge in [-0.25, -0.2) is 4.79 Å². The Balaban J connectivity index is 1.56. The quantitative estimate of drug-likeness (QED) is 0.488. The Morgan fingerprint density at radius 1 is 1.05 bits per heavy atom. The van der Waals surface area contributed by atoms with E-state index in [1.54, 1.807) is 0 Å². The first kappa shape index (κ1) is 15.6. The lowest BCUT2D eigenvalue weighted by Crippen LogP contribution is -2.47.